The molecule has 6 unspecified atom stereocenters. The molecular formula is C16H30. The molecule has 0 N–H and O–H groups in total. The third kappa shape index (κ3) is 2.81. The van der Waals surface area contributed by atoms with E-state index in [9.17, 15) is 0 Å². The fourth-order valence-electron chi connectivity index (χ4n) is 4.15. The van der Waals surface area contributed by atoms with Crippen LogP contribution in [-0.4, -0.2) is 0 Å². The minimum absolute atomic E-state index is 0.961. The van der Waals surface area contributed by atoms with Gasteiger partial charge in [-0.2, -0.15) is 0 Å². The van der Waals surface area contributed by atoms with Gasteiger partial charge in [-0.05, 0) is 61.2 Å². The van der Waals surface area contributed by atoms with E-state index in [1.165, 1.54) is 32.1 Å². The summed E-state index contributed by atoms with van der Waals surface area (Å²) < 4.78 is 0. The zero-order chi connectivity index (χ0) is 11.7. The molecule has 0 radical (unpaired) electrons. The van der Waals surface area contributed by atoms with Gasteiger partial charge in [-0.25, -0.2) is 0 Å². The summed E-state index contributed by atoms with van der Waals surface area (Å²) in [7, 11) is 0. The Morgan fingerprint density at radius 2 is 1.44 bits per heavy atom. The molecule has 2 aliphatic rings. The summed E-state index contributed by atoms with van der Waals surface area (Å²) in [6.45, 7) is 9.87. The Bertz CT molecular complexity index is 218. The van der Waals surface area contributed by atoms with E-state index in [4.69, 9.17) is 0 Å². The second-order valence-electron chi connectivity index (χ2n) is 6.95. The van der Waals surface area contributed by atoms with Crippen molar-refractivity contribution >= 4 is 0 Å². The Morgan fingerprint density at radius 1 is 0.812 bits per heavy atom. The summed E-state index contributed by atoms with van der Waals surface area (Å²) in [4.78, 5) is 0. The number of hydrogen-bond acceptors (Lipinski definition) is 0. The molecule has 6 atom stereocenters. The first-order valence-electron chi connectivity index (χ1n) is 7.61. The van der Waals surface area contributed by atoms with Gasteiger partial charge in [0.2, 0.25) is 0 Å². The lowest BCUT2D eigenvalue weighted by Crippen LogP contribution is -2.14. The molecule has 0 nitrogen and oxygen atoms in total. The second kappa shape index (κ2) is 5.10. The number of fused-ring (bicyclic) bond motifs is 1. The SMILES string of the molecule is CCCC1CC(C)C(C)CC2CC2C(C)C1. The molecule has 0 bridgehead atoms. The van der Waals surface area contributed by atoms with Crippen molar-refractivity contribution in [2.45, 2.75) is 66.2 Å². The van der Waals surface area contributed by atoms with E-state index in [0.717, 1.165) is 35.5 Å². The highest BCUT2D eigenvalue weighted by Crippen LogP contribution is 2.52. The molecule has 16 heavy (non-hydrogen) atoms. The summed E-state index contributed by atoms with van der Waals surface area (Å²) in [6, 6.07) is 0. The van der Waals surface area contributed by atoms with Gasteiger partial charge < -0.3 is 0 Å². The van der Waals surface area contributed by atoms with E-state index < -0.39 is 0 Å². The van der Waals surface area contributed by atoms with Crippen LogP contribution in [0.2, 0.25) is 0 Å². The first kappa shape index (κ1) is 12.5. The summed E-state index contributed by atoms with van der Waals surface area (Å²) >= 11 is 0. The molecule has 0 saturated heterocycles. The van der Waals surface area contributed by atoms with Crippen LogP contribution in [0.25, 0.3) is 0 Å². The van der Waals surface area contributed by atoms with Crippen LogP contribution in [0, 0.1) is 35.5 Å². The Kier molecular flexibility index (Phi) is 3.97. The first-order valence-corrected chi connectivity index (χ1v) is 7.61. The van der Waals surface area contributed by atoms with Gasteiger partial charge in [-0.15, -0.1) is 0 Å². The summed E-state index contributed by atoms with van der Waals surface area (Å²) in [5.74, 6) is 6.18. The molecule has 0 amide bonds. The van der Waals surface area contributed by atoms with Crippen molar-refractivity contribution in [1.82, 2.24) is 0 Å². The van der Waals surface area contributed by atoms with Gasteiger partial charge in [-0.1, -0.05) is 40.5 Å². The van der Waals surface area contributed by atoms with E-state index in [2.05, 4.69) is 27.7 Å². The maximum Gasteiger partial charge on any atom is -0.0357 e. The Balaban J connectivity index is 2.00. The maximum atomic E-state index is 2.52. The molecule has 0 aromatic rings. The van der Waals surface area contributed by atoms with Crippen LogP contribution >= 0.6 is 0 Å². The summed E-state index contributed by atoms with van der Waals surface area (Å²) in [5, 5.41) is 0. The van der Waals surface area contributed by atoms with Crippen molar-refractivity contribution in [3.05, 3.63) is 0 Å². The van der Waals surface area contributed by atoms with Crippen LogP contribution < -0.4 is 0 Å². The van der Waals surface area contributed by atoms with Crippen LogP contribution in [-0.2, 0) is 0 Å². The molecular weight excluding hydrogens is 192 g/mol. The normalized spacial score (nSPS) is 48.8. The van der Waals surface area contributed by atoms with E-state index in [1.807, 2.05) is 0 Å². The van der Waals surface area contributed by atoms with Crippen molar-refractivity contribution < 1.29 is 0 Å². The third-order valence-corrected chi connectivity index (χ3v) is 5.46. The van der Waals surface area contributed by atoms with Gasteiger partial charge in [0.1, 0.15) is 0 Å². The maximum absolute atomic E-state index is 2.52. The third-order valence-electron chi connectivity index (χ3n) is 5.46. The van der Waals surface area contributed by atoms with Gasteiger partial charge in [-0.3, -0.25) is 0 Å². The Morgan fingerprint density at radius 3 is 2.12 bits per heavy atom. The number of hydrogen-bond donors (Lipinski definition) is 0. The smallest absolute Gasteiger partial charge is 0.0357 e. The molecule has 0 aromatic carbocycles. The topological polar surface area (TPSA) is 0 Å². The lowest BCUT2D eigenvalue weighted by Gasteiger charge is -2.25. The molecule has 0 aliphatic heterocycles. The minimum Gasteiger partial charge on any atom is -0.0654 e. The quantitative estimate of drug-likeness (QED) is 0.607. The molecule has 0 heterocycles. The van der Waals surface area contributed by atoms with Crippen molar-refractivity contribution in [1.29, 1.82) is 0 Å². The summed E-state index contributed by atoms with van der Waals surface area (Å²) in [6.07, 6.45) is 8.95. The highest BCUT2D eigenvalue weighted by atomic mass is 14.5. The Hall–Kier alpha value is 0. The van der Waals surface area contributed by atoms with E-state index in [0.29, 0.717) is 0 Å². The fraction of sp³-hybridized carbons (Fsp3) is 1.00. The van der Waals surface area contributed by atoms with Crippen molar-refractivity contribution in [3.63, 3.8) is 0 Å². The van der Waals surface area contributed by atoms with E-state index >= 15 is 0 Å². The predicted molar refractivity (Wildman–Crippen MR) is 71.3 cm³/mol. The van der Waals surface area contributed by atoms with Gasteiger partial charge in [0.05, 0.1) is 0 Å². The van der Waals surface area contributed by atoms with Crippen molar-refractivity contribution in [2.24, 2.45) is 35.5 Å². The van der Waals surface area contributed by atoms with Gasteiger partial charge in [0, 0.05) is 0 Å². The van der Waals surface area contributed by atoms with Crippen LogP contribution in [0.1, 0.15) is 66.2 Å². The monoisotopic (exact) mass is 222 g/mol. The van der Waals surface area contributed by atoms with Crippen LogP contribution in [0.15, 0.2) is 0 Å². The van der Waals surface area contributed by atoms with E-state index in [1.54, 1.807) is 6.42 Å². The lowest BCUT2D eigenvalue weighted by atomic mass is 9.81. The second-order valence-corrected chi connectivity index (χ2v) is 6.95. The molecule has 0 aromatic heterocycles. The van der Waals surface area contributed by atoms with Crippen molar-refractivity contribution in [3.8, 4) is 0 Å². The molecule has 2 rings (SSSR count). The van der Waals surface area contributed by atoms with E-state index in [-0.39, 0.29) is 0 Å². The average Bonchev–Trinajstić information content (AvgIpc) is 2.96. The van der Waals surface area contributed by atoms with Crippen LogP contribution in [0.4, 0.5) is 0 Å². The first-order chi connectivity index (χ1) is 7.61. The minimum atomic E-state index is 0.961. The van der Waals surface area contributed by atoms with Gasteiger partial charge >= 0.3 is 0 Å². The number of rotatable bonds is 2. The largest absolute Gasteiger partial charge is 0.0654 e. The average molecular weight is 222 g/mol. The zero-order valence-corrected chi connectivity index (χ0v) is 11.7. The van der Waals surface area contributed by atoms with Crippen LogP contribution in [0.3, 0.4) is 0 Å². The molecule has 2 aliphatic carbocycles. The predicted octanol–water partition coefficient (Wildman–Crippen LogP) is 5.13. The van der Waals surface area contributed by atoms with Crippen molar-refractivity contribution in [2.75, 3.05) is 0 Å². The summed E-state index contributed by atoms with van der Waals surface area (Å²) in [5.41, 5.74) is 0. The molecule has 0 heteroatoms. The molecule has 2 saturated carbocycles. The highest BCUT2D eigenvalue weighted by Gasteiger charge is 2.43. The Labute approximate surface area is 102 Å². The molecule has 0 spiro atoms. The standard InChI is InChI=1S/C16H30/c1-5-6-14-7-11(2)12(3)9-15-10-16(15)13(4)8-14/h11-16H,5-10H2,1-4H3. The van der Waals surface area contributed by atoms with Gasteiger partial charge in [0.25, 0.3) is 0 Å². The lowest BCUT2D eigenvalue weighted by molar-refractivity contribution is 0.259. The molecule has 94 valence electrons. The highest BCUT2D eigenvalue weighted by molar-refractivity contribution is 4.93. The fourth-order valence-corrected chi connectivity index (χ4v) is 4.15. The zero-order valence-electron chi connectivity index (χ0n) is 11.7. The van der Waals surface area contributed by atoms with Gasteiger partial charge in [0.15, 0.2) is 0 Å². The van der Waals surface area contributed by atoms with Crippen LogP contribution in [0.5, 0.6) is 0 Å². The molecule has 2 fully saturated rings.